The van der Waals surface area contributed by atoms with Crippen molar-refractivity contribution in [2.75, 3.05) is 25.0 Å². The Balaban J connectivity index is 1.45. The molecule has 0 bridgehead atoms. The Morgan fingerprint density at radius 3 is 2.71 bits per heavy atom. The summed E-state index contributed by atoms with van der Waals surface area (Å²) in [5.74, 6) is 1.53. The van der Waals surface area contributed by atoms with Crippen LogP contribution in [-0.2, 0) is 13.0 Å². The molecule has 2 aromatic rings. The second-order valence-electron chi connectivity index (χ2n) is 6.68. The molecule has 0 spiro atoms. The maximum Gasteiger partial charge on any atom is 0.193 e. The van der Waals surface area contributed by atoms with Crippen LogP contribution in [0.4, 0.5) is 5.82 Å². The summed E-state index contributed by atoms with van der Waals surface area (Å²) in [5.41, 5.74) is 9.74. The van der Waals surface area contributed by atoms with Gasteiger partial charge in [0.2, 0.25) is 0 Å². The van der Waals surface area contributed by atoms with E-state index in [0.717, 1.165) is 51.3 Å². The van der Waals surface area contributed by atoms with Crippen LogP contribution in [0.3, 0.4) is 0 Å². The van der Waals surface area contributed by atoms with Crippen LogP contribution >= 0.6 is 12.2 Å². The number of rotatable bonds is 3. The van der Waals surface area contributed by atoms with Crippen molar-refractivity contribution in [2.24, 2.45) is 5.73 Å². The molecule has 4 rings (SSSR count). The van der Waals surface area contributed by atoms with Crippen molar-refractivity contribution in [3.8, 4) is 0 Å². The van der Waals surface area contributed by atoms with Crippen molar-refractivity contribution >= 4 is 23.1 Å². The molecule has 0 radical (unpaired) electrons. The Morgan fingerprint density at radius 2 is 2.00 bits per heavy atom. The highest BCUT2D eigenvalue weighted by molar-refractivity contribution is 7.80. The summed E-state index contributed by atoms with van der Waals surface area (Å²) >= 11 is 5.14. The molecule has 1 saturated heterocycles. The molecule has 2 aliphatic rings. The first kappa shape index (κ1) is 15.6. The van der Waals surface area contributed by atoms with E-state index in [1.807, 2.05) is 0 Å². The van der Waals surface area contributed by atoms with Crippen LogP contribution in [0.25, 0.3) is 0 Å². The van der Waals surface area contributed by atoms with Gasteiger partial charge in [-0.2, -0.15) is 9.78 Å². The number of nitrogens with two attached hydrogens (primary N) is 1. The molecule has 3 heterocycles. The van der Waals surface area contributed by atoms with Crippen molar-refractivity contribution in [1.82, 2.24) is 14.7 Å². The zero-order valence-corrected chi connectivity index (χ0v) is 14.6. The number of fused-ring (bicyclic) bond motifs is 1. The largest absolute Gasteiger partial charge is 0.374 e. The van der Waals surface area contributed by atoms with E-state index in [0.29, 0.717) is 11.0 Å². The first-order valence-electron chi connectivity index (χ1n) is 8.64. The third-order valence-electron chi connectivity index (χ3n) is 5.11. The Morgan fingerprint density at radius 1 is 1.25 bits per heavy atom. The Bertz CT molecular complexity index is 731. The lowest BCUT2D eigenvalue weighted by Crippen LogP contribution is -2.33. The van der Waals surface area contributed by atoms with E-state index in [9.17, 15) is 0 Å². The quantitative estimate of drug-likeness (QED) is 0.839. The van der Waals surface area contributed by atoms with Gasteiger partial charge in [-0.3, -0.25) is 4.90 Å². The van der Waals surface area contributed by atoms with Crippen molar-refractivity contribution < 1.29 is 0 Å². The highest BCUT2D eigenvalue weighted by Gasteiger charge is 2.30. The topological polar surface area (TPSA) is 59.1 Å². The van der Waals surface area contributed by atoms with Crippen LogP contribution in [0, 0.1) is 0 Å². The zero-order valence-electron chi connectivity index (χ0n) is 13.7. The molecule has 0 saturated carbocycles. The Labute approximate surface area is 147 Å². The average molecular weight is 341 g/mol. The Hall–Kier alpha value is -1.92. The third-order valence-corrected chi connectivity index (χ3v) is 5.29. The average Bonchev–Trinajstić information content (AvgIpc) is 3.19. The molecule has 3 N–H and O–H groups in total. The number of benzene rings is 1. The van der Waals surface area contributed by atoms with Gasteiger partial charge in [0.05, 0.1) is 5.69 Å². The number of nitrogens with one attached hydrogen (secondary N) is 1. The lowest BCUT2D eigenvalue weighted by Gasteiger charge is -2.31. The summed E-state index contributed by atoms with van der Waals surface area (Å²) in [6.45, 7) is 4.22. The number of hydrogen-bond donors (Lipinski definition) is 2. The first-order valence-corrected chi connectivity index (χ1v) is 9.05. The van der Waals surface area contributed by atoms with Gasteiger partial charge in [0, 0.05) is 24.6 Å². The summed E-state index contributed by atoms with van der Waals surface area (Å²) in [6, 6.07) is 10.7. The van der Waals surface area contributed by atoms with Gasteiger partial charge in [-0.15, -0.1) is 0 Å². The van der Waals surface area contributed by atoms with Gasteiger partial charge in [0.1, 0.15) is 5.82 Å². The van der Waals surface area contributed by atoms with E-state index in [2.05, 4.69) is 40.5 Å². The molecule has 2 aliphatic heterocycles. The van der Waals surface area contributed by atoms with Gasteiger partial charge in [-0.05, 0) is 50.1 Å². The molecule has 1 fully saturated rings. The summed E-state index contributed by atoms with van der Waals surface area (Å²) in [7, 11) is 0. The second kappa shape index (κ2) is 6.53. The number of thiocarbonyl (C=S) groups is 1. The van der Waals surface area contributed by atoms with Gasteiger partial charge >= 0.3 is 0 Å². The number of hydrogen-bond acceptors (Lipinski definition) is 4. The molecule has 0 amide bonds. The highest BCUT2D eigenvalue weighted by atomic mass is 32.1. The van der Waals surface area contributed by atoms with Crippen molar-refractivity contribution in [3.05, 3.63) is 47.2 Å². The lowest BCUT2D eigenvalue weighted by atomic mass is 9.90. The monoisotopic (exact) mass is 341 g/mol. The molecule has 5 nitrogen and oxygen atoms in total. The van der Waals surface area contributed by atoms with E-state index in [1.54, 1.807) is 4.68 Å². The van der Waals surface area contributed by atoms with Gasteiger partial charge in [-0.1, -0.05) is 30.3 Å². The summed E-state index contributed by atoms with van der Waals surface area (Å²) < 4.78 is 1.71. The molecule has 1 aromatic heterocycles. The van der Waals surface area contributed by atoms with Crippen LogP contribution in [0.5, 0.6) is 0 Å². The van der Waals surface area contributed by atoms with Gasteiger partial charge < -0.3 is 11.1 Å². The molecule has 0 unspecified atom stereocenters. The summed E-state index contributed by atoms with van der Waals surface area (Å²) in [6.07, 6.45) is 3.32. The molecular weight excluding hydrogens is 318 g/mol. The van der Waals surface area contributed by atoms with E-state index in [4.69, 9.17) is 23.1 Å². The van der Waals surface area contributed by atoms with Gasteiger partial charge in [0.25, 0.3) is 0 Å². The van der Waals surface area contributed by atoms with Crippen LogP contribution in [-0.4, -0.2) is 39.4 Å². The number of aromatic nitrogens is 2. The maximum absolute atomic E-state index is 5.82. The Kier molecular flexibility index (Phi) is 4.24. The third kappa shape index (κ3) is 2.91. The van der Waals surface area contributed by atoms with Gasteiger partial charge in [0.15, 0.2) is 5.11 Å². The van der Waals surface area contributed by atoms with E-state index in [-0.39, 0.29) is 0 Å². The SMILES string of the molecule is NC(=S)n1nc(C2CCN(Cc3ccccc3)CC2)c2c1NCC2. The number of piperidine rings is 1. The van der Waals surface area contributed by atoms with Crippen LogP contribution < -0.4 is 11.1 Å². The molecule has 126 valence electrons. The summed E-state index contributed by atoms with van der Waals surface area (Å²) in [5, 5.41) is 8.43. The number of likely N-dealkylation sites (tertiary alicyclic amines) is 1. The highest BCUT2D eigenvalue weighted by Crippen LogP contribution is 2.35. The van der Waals surface area contributed by atoms with Gasteiger partial charge in [-0.25, -0.2) is 0 Å². The first-order chi connectivity index (χ1) is 11.7. The molecule has 0 aliphatic carbocycles. The van der Waals surface area contributed by atoms with Crippen LogP contribution in [0.2, 0.25) is 0 Å². The smallest absolute Gasteiger partial charge is 0.193 e. The van der Waals surface area contributed by atoms with E-state index in [1.165, 1.54) is 16.8 Å². The summed E-state index contributed by atoms with van der Waals surface area (Å²) in [4.78, 5) is 2.54. The minimum Gasteiger partial charge on any atom is -0.374 e. The van der Waals surface area contributed by atoms with Crippen molar-refractivity contribution in [3.63, 3.8) is 0 Å². The minimum absolute atomic E-state index is 0.327. The van der Waals surface area contributed by atoms with Crippen molar-refractivity contribution in [1.29, 1.82) is 0 Å². The molecule has 6 heteroatoms. The van der Waals surface area contributed by atoms with Crippen LogP contribution in [0.15, 0.2) is 30.3 Å². The van der Waals surface area contributed by atoms with E-state index >= 15 is 0 Å². The predicted octanol–water partition coefficient (Wildman–Crippen LogP) is 2.32. The fraction of sp³-hybridized carbons (Fsp3) is 0.444. The fourth-order valence-corrected chi connectivity index (χ4v) is 4.03. The minimum atomic E-state index is 0.327. The number of nitrogens with zero attached hydrogens (tertiary/aromatic N) is 3. The fourth-order valence-electron chi connectivity index (χ4n) is 3.89. The molecule has 24 heavy (non-hydrogen) atoms. The molecular formula is C18H23N5S. The number of anilines is 1. The predicted molar refractivity (Wildman–Crippen MR) is 100 cm³/mol. The standard InChI is InChI=1S/C18H23N5S/c19-18(24)23-17-15(6-9-20-17)16(21-23)14-7-10-22(11-8-14)12-13-4-2-1-3-5-13/h1-5,14,20H,6-12H2,(H2,19,24). The van der Waals surface area contributed by atoms with Crippen molar-refractivity contribution in [2.45, 2.75) is 31.7 Å². The van der Waals surface area contributed by atoms with E-state index < -0.39 is 0 Å². The zero-order chi connectivity index (χ0) is 16.5. The lowest BCUT2D eigenvalue weighted by molar-refractivity contribution is 0.203. The van der Waals surface area contributed by atoms with Crippen LogP contribution in [0.1, 0.15) is 35.6 Å². The normalized spacial score (nSPS) is 18.3. The molecule has 0 atom stereocenters. The second-order valence-corrected chi connectivity index (χ2v) is 7.09. The molecule has 1 aromatic carbocycles. The maximum atomic E-state index is 5.82.